The topological polar surface area (TPSA) is 27.1 Å². The molecule has 1 unspecified atom stereocenters. The first kappa shape index (κ1) is 12.8. The summed E-state index contributed by atoms with van der Waals surface area (Å²) >= 11 is 3.82. The van der Waals surface area contributed by atoms with E-state index >= 15 is 0 Å². The van der Waals surface area contributed by atoms with Crippen LogP contribution in [0.1, 0.15) is 55.4 Å². The van der Waals surface area contributed by atoms with E-state index in [0.717, 1.165) is 18.9 Å². The molecule has 1 saturated heterocycles. The first-order valence-electron chi connectivity index (χ1n) is 7.53. The smallest absolute Gasteiger partial charge is 0.150 e. The lowest BCUT2D eigenvalue weighted by Crippen LogP contribution is -2.19. The molecule has 0 spiro atoms. The maximum Gasteiger partial charge on any atom is 0.150 e. The molecule has 106 valence electrons. The van der Waals surface area contributed by atoms with Crippen LogP contribution >= 0.6 is 15.9 Å². The number of nitrogens with zero attached hydrogens (tertiary/aromatic N) is 2. The van der Waals surface area contributed by atoms with E-state index in [0.29, 0.717) is 0 Å². The molecule has 2 heterocycles. The molecule has 0 bridgehead atoms. The van der Waals surface area contributed by atoms with E-state index in [1.807, 2.05) is 6.20 Å². The largest absolute Gasteiger partial charge is 0.356 e. The molecule has 0 radical (unpaired) electrons. The third kappa shape index (κ3) is 2.01. The molecule has 1 aromatic carbocycles. The molecule has 1 aliphatic heterocycles. The summed E-state index contributed by atoms with van der Waals surface area (Å²) in [5, 5.41) is 5.83. The van der Waals surface area contributed by atoms with Crippen LogP contribution in [0.5, 0.6) is 0 Å². The van der Waals surface area contributed by atoms with Gasteiger partial charge in [-0.2, -0.15) is 5.10 Å². The van der Waals surface area contributed by atoms with Crippen LogP contribution in [0.4, 0.5) is 0 Å². The summed E-state index contributed by atoms with van der Waals surface area (Å²) in [5.74, 6) is 0.753. The van der Waals surface area contributed by atoms with Gasteiger partial charge in [0.25, 0.3) is 0 Å². The van der Waals surface area contributed by atoms with Crippen molar-refractivity contribution in [2.75, 3.05) is 6.61 Å². The SMILES string of the molecule is Cc1cc2c(cnn2C2CCCCO2)c(Br)c1C1CC1. The van der Waals surface area contributed by atoms with Gasteiger partial charge in [-0.3, -0.25) is 0 Å². The van der Waals surface area contributed by atoms with Gasteiger partial charge in [-0.25, -0.2) is 4.68 Å². The van der Waals surface area contributed by atoms with E-state index in [1.54, 1.807) is 0 Å². The zero-order chi connectivity index (χ0) is 13.7. The Hall–Kier alpha value is -0.870. The van der Waals surface area contributed by atoms with Crippen molar-refractivity contribution in [1.82, 2.24) is 9.78 Å². The third-order valence-corrected chi connectivity index (χ3v) is 5.35. The Morgan fingerprint density at radius 1 is 1.30 bits per heavy atom. The maximum atomic E-state index is 5.89. The highest BCUT2D eigenvalue weighted by Gasteiger charge is 2.29. The summed E-state index contributed by atoms with van der Waals surface area (Å²) in [5.41, 5.74) is 4.07. The van der Waals surface area contributed by atoms with E-state index in [4.69, 9.17) is 4.74 Å². The molecule has 4 rings (SSSR count). The van der Waals surface area contributed by atoms with E-state index in [9.17, 15) is 0 Å². The van der Waals surface area contributed by atoms with Gasteiger partial charge in [0, 0.05) is 16.5 Å². The van der Waals surface area contributed by atoms with Crippen LogP contribution in [-0.2, 0) is 4.74 Å². The van der Waals surface area contributed by atoms with Crippen molar-refractivity contribution in [3.05, 3.63) is 27.9 Å². The fourth-order valence-electron chi connectivity index (χ4n) is 3.30. The number of halogens is 1. The molecule has 2 aliphatic rings. The van der Waals surface area contributed by atoms with Crippen LogP contribution in [0.2, 0.25) is 0 Å². The highest BCUT2D eigenvalue weighted by Crippen LogP contribution is 2.47. The number of fused-ring (bicyclic) bond motifs is 1. The molecule has 1 atom stereocenters. The van der Waals surface area contributed by atoms with Crippen molar-refractivity contribution in [1.29, 1.82) is 0 Å². The van der Waals surface area contributed by atoms with Gasteiger partial charge in [0.15, 0.2) is 6.23 Å². The molecule has 4 heteroatoms. The van der Waals surface area contributed by atoms with E-state index in [1.165, 1.54) is 52.2 Å². The van der Waals surface area contributed by atoms with Crippen LogP contribution in [0.3, 0.4) is 0 Å². The van der Waals surface area contributed by atoms with Gasteiger partial charge in [0.05, 0.1) is 11.7 Å². The lowest BCUT2D eigenvalue weighted by atomic mass is 10.0. The molecule has 0 amide bonds. The van der Waals surface area contributed by atoms with Crippen molar-refractivity contribution in [3.8, 4) is 0 Å². The van der Waals surface area contributed by atoms with Crippen molar-refractivity contribution in [2.45, 2.75) is 51.2 Å². The minimum atomic E-state index is 0.110. The molecule has 0 N–H and O–H groups in total. The summed E-state index contributed by atoms with van der Waals surface area (Å²) in [6, 6.07) is 2.29. The van der Waals surface area contributed by atoms with Crippen molar-refractivity contribution >= 4 is 26.8 Å². The van der Waals surface area contributed by atoms with Crippen LogP contribution in [-0.4, -0.2) is 16.4 Å². The highest BCUT2D eigenvalue weighted by molar-refractivity contribution is 9.10. The van der Waals surface area contributed by atoms with Crippen molar-refractivity contribution in [2.24, 2.45) is 0 Å². The molecule has 20 heavy (non-hydrogen) atoms. The fraction of sp³-hybridized carbons (Fsp3) is 0.562. The average molecular weight is 335 g/mol. The number of hydrogen-bond donors (Lipinski definition) is 0. The second-order valence-corrected chi connectivity index (χ2v) is 6.83. The Bertz CT molecular complexity index is 654. The average Bonchev–Trinajstić information content (AvgIpc) is 3.19. The lowest BCUT2D eigenvalue weighted by molar-refractivity contribution is -0.0366. The van der Waals surface area contributed by atoms with Gasteiger partial charge >= 0.3 is 0 Å². The van der Waals surface area contributed by atoms with E-state index in [-0.39, 0.29) is 6.23 Å². The number of aryl methyl sites for hydroxylation is 1. The molecule has 1 aliphatic carbocycles. The lowest BCUT2D eigenvalue weighted by Gasteiger charge is -2.23. The Labute approximate surface area is 127 Å². The second-order valence-electron chi connectivity index (χ2n) is 6.04. The van der Waals surface area contributed by atoms with Gasteiger partial charge < -0.3 is 4.74 Å². The van der Waals surface area contributed by atoms with Gasteiger partial charge in [-0.15, -0.1) is 0 Å². The van der Waals surface area contributed by atoms with Gasteiger partial charge in [-0.1, -0.05) is 0 Å². The zero-order valence-electron chi connectivity index (χ0n) is 11.7. The summed E-state index contributed by atoms with van der Waals surface area (Å²) in [6.07, 6.45) is 8.21. The van der Waals surface area contributed by atoms with Gasteiger partial charge in [0.1, 0.15) is 0 Å². The quantitative estimate of drug-likeness (QED) is 0.796. The molecule has 3 nitrogen and oxygen atoms in total. The van der Waals surface area contributed by atoms with Crippen LogP contribution in [0, 0.1) is 6.92 Å². The molecule has 1 aromatic heterocycles. The monoisotopic (exact) mass is 334 g/mol. The van der Waals surface area contributed by atoms with E-state index in [2.05, 4.69) is 38.7 Å². The van der Waals surface area contributed by atoms with E-state index < -0.39 is 0 Å². The number of ether oxygens (including phenoxy) is 1. The Morgan fingerprint density at radius 2 is 2.15 bits per heavy atom. The number of benzene rings is 1. The second kappa shape index (κ2) is 4.85. The molecular weight excluding hydrogens is 316 g/mol. The summed E-state index contributed by atoms with van der Waals surface area (Å²) < 4.78 is 9.20. The van der Waals surface area contributed by atoms with Gasteiger partial charge in [-0.05, 0) is 78.1 Å². The minimum absolute atomic E-state index is 0.110. The van der Waals surface area contributed by atoms with Crippen molar-refractivity contribution < 1.29 is 4.74 Å². The Kier molecular flexibility index (Phi) is 3.11. The standard InChI is InChI=1S/C16H19BrN2O/c1-10-8-13-12(16(17)15(10)11-5-6-11)9-18-19(13)14-4-2-3-7-20-14/h8-9,11,14H,2-7H2,1H3. The van der Waals surface area contributed by atoms with Crippen LogP contribution in [0.25, 0.3) is 10.9 Å². The summed E-state index contributed by atoms with van der Waals surface area (Å²) in [7, 11) is 0. The third-order valence-electron chi connectivity index (χ3n) is 4.50. The van der Waals surface area contributed by atoms with Crippen LogP contribution in [0.15, 0.2) is 16.7 Å². The first-order valence-corrected chi connectivity index (χ1v) is 8.33. The molecule has 2 fully saturated rings. The fourth-order valence-corrected chi connectivity index (χ4v) is 4.25. The number of aromatic nitrogens is 2. The Morgan fingerprint density at radius 3 is 2.85 bits per heavy atom. The normalized spacial score (nSPS) is 23.4. The minimum Gasteiger partial charge on any atom is -0.356 e. The highest BCUT2D eigenvalue weighted by atomic mass is 79.9. The number of rotatable bonds is 2. The maximum absolute atomic E-state index is 5.89. The summed E-state index contributed by atoms with van der Waals surface area (Å²) in [4.78, 5) is 0. The predicted molar refractivity (Wildman–Crippen MR) is 83.0 cm³/mol. The van der Waals surface area contributed by atoms with Crippen molar-refractivity contribution in [3.63, 3.8) is 0 Å². The van der Waals surface area contributed by atoms with Gasteiger partial charge in [0.2, 0.25) is 0 Å². The number of hydrogen-bond acceptors (Lipinski definition) is 2. The first-order chi connectivity index (χ1) is 9.75. The van der Waals surface area contributed by atoms with Crippen LogP contribution < -0.4 is 0 Å². The predicted octanol–water partition coefficient (Wildman–Crippen LogP) is 4.68. The molecule has 2 aromatic rings. The molecular formula is C16H19BrN2O. The molecule has 1 saturated carbocycles. The zero-order valence-corrected chi connectivity index (χ0v) is 13.3. The summed E-state index contributed by atoms with van der Waals surface area (Å²) in [6.45, 7) is 3.07. The Balaban J connectivity index is 1.84.